The van der Waals surface area contributed by atoms with Crippen molar-refractivity contribution in [3.63, 3.8) is 0 Å². The van der Waals surface area contributed by atoms with Gasteiger partial charge in [-0.2, -0.15) is 0 Å². The summed E-state index contributed by atoms with van der Waals surface area (Å²) in [6.45, 7) is 8.27. The Labute approximate surface area is 122 Å². The molecule has 1 aliphatic rings. The predicted molar refractivity (Wildman–Crippen MR) is 81.4 cm³/mol. The predicted octanol–water partition coefficient (Wildman–Crippen LogP) is 1.89. The molecule has 1 aromatic rings. The van der Waals surface area contributed by atoms with Gasteiger partial charge in [-0.15, -0.1) is 0 Å². The van der Waals surface area contributed by atoms with E-state index in [0.717, 1.165) is 42.6 Å². The van der Waals surface area contributed by atoms with Gasteiger partial charge in [-0.3, -0.25) is 0 Å². The van der Waals surface area contributed by atoms with E-state index in [1.54, 1.807) is 0 Å². The second-order valence-corrected chi connectivity index (χ2v) is 7.48. The van der Waals surface area contributed by atoms with Crippen molar-refractivity contribution in [3.05, 3.63) is 28.8 Å². The molecule has 0 saturated carbocycles. The zero-order chi connectivity index (χ0) is 14.8. The minimum atomic E-state index is -3.40. The fraction of sp³-hybridized carbons (Fsp3) is 0.600. The molecule has 1 aromatic carbocycles. The molecule has 4 nitrogen and oxygen atoms in total. The molecule has 5 heteroatoms. The first-order valence-electron chi connectivity index (χ1n) is 7.18. The van der Waals surface area contributed by atoms with Crippen molar-refractivity contribution in [2.45, 2.75) is 38.5 Å². The van der Waals surface area contributed by atoms with Crippen LogP contribution in [0.3, 0.4) is 0 Å². The molecule has 0 radical (unpaired) electrons. The average Bonchev–Trinajstić information content (AvgIpc) is 2.79. The van der Waals surface area contributed by atoms with E-state index in [9.17, 15) is 8.42 Å². The van der Waals surface area contributed by atoms with Crippen LogP contribution in [0.5, 0.6) is 0 Å². The van der Waals surface area contributed by atoms with E-state index < -0.39 is 10.0 Å². The molecule has 1 heterocycles. The fourth-order valence-corrected chi connectivity index (χ4v) is 4.52. The molecule has 0 aromatic heterocycles. The van der Waals surface area contributed by atoms with Gasteiger partial charge in [0.15, 0.2) is 0 Å². The van der Waals surface area contributed by atoms with Crippen LogP contribution in [-0.2, 0) is 10.0 Å². The third-order valence-corrected chi connectivity index (χ3v) is 5.65. The summed E-state index contributed by atoms with van der Waals surface area (Å²) in [4.78, 5) is 0.438. The van der Waals surface area contributed by atoms with Crippen LogP contribution in [-0.4, -0.2) is 28.1 Å². The number of benzene rings is 1. The van der Waals surface area contributed by atoms with Gasteiger partial charge in [-0.25, -0.2) is 13.1 Å². The number of rotatable bonds is 5. The van der Waals surface area contributed by atoms with Crippen molar-refractivity contribution in [2.75, 3.05) is 19.6 Å². The summed E-state index contributed by atoms with van der Waals surface area (Å²) in [5.74, 6) is 0.595. The smallest absolute Gasteiger partial charge is 0.241 e. The summed E-state index contributed by atoms with van der Waals surface area (Å²) >= 11 is 0. The molecule has 2 N–H and O–H groups in total. The van der Waals surface area contributed by atoms with Crippen LogP contribution in [0.1, 0.15) is 29.5 Å². The van der Waals surface area contributed by atoms with Crippen molar-refractivity contribution in [1.82, 2.24) is 10.0 Å². The number of nitrogens with one attached hydrogen (secondary N) is 2. The Morgan fingerprint density at radius 1 is 1.25 bits per heavy atom. The average molecular weight is 296 g/mol. The summed E-state index contributed by atoms with van der Waals surface area (Å²) in [7, 11) is -3.40. The summed E-state index contributed by atoms with van der Waals surface area (Å²) in [5.41, 5.74) is 2.73. The van der Waals surface area contributed by atoms with Crippen molar-refractivity contribution < 1.29 is 8.42 Å². The summed E-state index contributed by atoms with van der Waals surface area (Å²) in [5, 5.41) is 3.30. The van der Waals surface area contributed by atoms with Crippen LogP contribution in [0.25, 0.3) is 0 Å². The molecular weight excluding hydrogens is 272 g/mol. The molecule has 1 saturated heterocycles. The summed E-state index contributed by atoms with van der Waals surface area (Å²) in [6, 6.07) is 3.84. The lowest BCUT2D eigenvalue weighted by atomic mass is 10.1. The van der Waals surface area contributed by atoms with Crippen LogP contribution in [0, 0.1) is 26.7 Å². The maximum Gasteiger partial charge on any atom is 0.241 e. The van der Waals surface area contributed by atoms with Gasteiger partial charge in [-0.1, -0.05) is 17.7 Å². The molecule has 0 aliphatic carbocycles. The third kappa shape index (κ3) is 3.59. The van der Waals surface area contributed by atoms with Crippen molar-refractivity contribution in [2.24, 2.45) is 5.92 Å². The lowest BCUT2D eigenvalue weighted by Crippen LogP contribution is -2.28. The van der Waals surface area contributed by atoms with E-state index in [1.807, 2.05) is 32.9 Å². The van der Waals surface area contributed by atoms with E-state index in [-0.39, 0.29) is 0 Å². The van der Waals surface area contributed by atoms with E-state index in [1.165, 1.54) is 0 Å². The summed E-state index contributed by atoms with van der Waals surface area (Å²) < 4.78 is 27.6. The van der Waals surface area contributed by atoms with Crippen molar-refractivity contribution in [3.8, 4) is 0 Å². The highest BCUT2D eigenvalue weighted by molar-refractivity contribution is 7.89. The molecule has 1 aliphatic heterocycles. The lowest BCUT2D eigenvalue weighted by molar-refractivity contribution is 0.519. The molecule has 0 spiro atoms. The molecule has 2 rings (SSSR count). The number of hydrogen-bond acceptors (Lipinski definition) is 3. The van der Waals surface area contributed by atoms with Gasteiger partial charge in [0.2, 0.25) is 10.0 Å². The molecule has 20 heavy (non-hydrogen) atoms. The normalized spacial score (nSPS) is 19.4. The van der Waals surface area contributed by atoms with Crippen LogP contribution < -0.4 is 10.0 Å². The Kier molecular flexibility index (Phi) is 4.83. The van der Waals surface area contributed by atoms with Gasteiger partial charge in [-0.05, 0) is 63.7 Å². The van der Waals surface area contributed by atoms with E-state index in [2.05, 4.69) is 10.0 Å². The van der Waals surface area contributed by atoms with Gasteiger partial charge >= 0.3 is 0 Å². The van der Waals surface area contributed by atoms with Crippen molar-refractivity contribution in [1.29, 1.82) is 0 Å². The highest BCUT2D eigenvalue weighted by atomic mass is 32.2. The van der Waals surface area contributed by atoms with Crippen LogP contribution in [0.15, 0.2) is 17.0 Å². The Morgan fingerprint density at radius 3 is 2.45 bits per heavy atom. The standard InChI is InChI=1S/C15H24N2O2S/c1-11-8-12(2)15(13(3)9-11)20(18,19)17-7-5-14-4-6-16-10-14/h8-9,14,16-17H,4-7,10H2,1-3H3. The first-order chi connectivity index (χ1) is 9.40. The minimum absolute atomic E-state index is 0.438. The zero-order valence-corrected chi connectivity index (χ0v) is 13.3. The molecule has 0 bridgehead atoms. The zero-order valence-electron chi connectivity index (χ0n) is 12.5. The van der Waals surface area contributed by atoms with Crippen LogP contribution in [0.2, 0.25) is 0 Å². The largest absolute Gasteiger partial charge is 0.316 e. The van der Waals surface area contributed by atoms with Crippen molar-refractivity contribution >= 4 is 10.0 Å². The Hall–Kier alpha value is -0.910. The highest BCUT2D eigenvalue weighted by Crippen LogP contribution is 2.21. The number of aryl methyl sites for hydroxylation is 3. The third-order valence-electron chi connectivity index (χ3n) is 3.88. The van der Waals surface area contributed by atoms with Gasteiger partial charge < -0.3 is 5.32 Å². The minimum Gasteiger partial charge on any atom is -0.316 e. The van der Waals surface area contributed by atoms with E-state index in [4.69, 9.17) is 0 Å². The van der Waals surface area contributed by atoms with Gasteiger partial charge in [0.25, 0.3) is 0 Å². The fourth-order valence-electron chi connectivity index (χ4n) is 3.02. The molecule has 1 fully saturated rings. The second-order valence-electron chi connectivity index (χ2n) is 5.77. The SMILES string of the molecule is Cc1cc(C)c(S(=O)(=O)NCCC2CCNC2)c(C)c1. The molecule has 0 amide bonds. The monoisotopic (exact) mass is 296 g/mol. The number of hydrogen-bond donors (Lipinski definition) is 2. The molecule has 1 unspecified atom stereocenters. The van der Waals surface area contributed by atoms with Gasteiger partial charge in [0.05, 0.1) is 4.90 Å². The quantitative estimate of drug-likeness (QED) is 0.872. The van der Waals surface area contributed by atoms with Crippen LogP contribution >= 0.6 is 0 Å². The molecular formula is C15H24N2O2S. The topological polar surface area (TPSA) is 58.2 Å². The first kappa shape index (κ1) is 15.5. The Balaban J connectivity index is 2.06. The second kappa shape index (κ2) is 6.24. The first-order valence-corrected chi connectivity index (χ1v) is 8.66. The Morgan fingerprint density at radius 2 is 1.90 bits per heavy atom. The Bertz CT molecular complexity index is 553. The lowest BCUT2D eigenvalue weighted by Gasteiger charge is -2.14. The number of sulfonamides is 1. The van der Waals surface area contributed by atoms with E-state index >= 15 is 0 Å². The molecule has 112 valence electrons. The highest BCUT2D eigenvalue weighted by Gasteiger charge is 2.20. The van der Waals surface area contributed by atoms with Crippen LogP contribution in [0.4, 0.5) is 0 Å². The van der Waals surface area contributed by atoms with Gasteiger partial charge in [0.1, 0.15) is 0 Å². The summed E-state index contributed by atoms with van der Waals surface area (Å²) in [6.07, 6.45) is 2.04. The maximum absolute atomic E-state index is 12.4. The molecule has 1 atom stereocenters. The van der Waals surface area contributed by atoms with E-state index in [0.29, 0.717) is 17.4 Å². The van der Waals surface area contributed by atoms with Gasteiger partial charge in [0, 0.05) is 6.54 Å². The maximum atomic E-state index is 12.4.